The Bertz CT molecular complexity index is 201. The van der Waals surface area contributed by atoms with Gasteiger partial charge in [0, 0.05) is 25.7 Å². The summed E-state index contributed by atoms with van der Waals surface area (Å²) in [5, 5.41) is 0. The predicted molar refractivity (Wildman–Crippen MR) is 65.5 cm³/mol. The van der Waals surface area contributed by atoms with E-state index in [-0.39, 0.29) is 6.10 Å². The third kappa shape index (κ3) is 3.42. The standard InChI is InChI=1S/C12H26N2O2/c1-9(8-15-4)14(3)11(7-13)12-6-5-10(2)16-12/h9-12H,5-8,13H2,1-4H3. The van der Waals surface area contributed by atoms with E-state index in [0.717, 1.165) is 19.4 Å². The van der Waals surface area contributed by atoms with Gasteiger partial charge in [0.2, 0.25) is 0 Å². The molecule has 0 aliphatic carbocycles. The molecule has 1 saturated heterocycles. The Kier molecular flexibility index (Phi) is 5.69. The van der Waals surface area contributed by atoms with E-state index < -0.39 is 0 Å². The van der Waals surface area contributed by atoms with Gasteiger partial charge < -0.3 is 15.2 Å². The van der Waals surface area contributed by atoms with Crippen molar-refractivity contribution in [3.8, 4) is 0 Å². The van der Waals surface area contributed by atoms with Crippen LogP contribution in [0.15, 0.2) is 0 Å². The van der Waals surface area contributed by atoms with Crippen LogP contribution in [0.4, 0.5) is 0 Å². The Morgan fingerprint density at radius 2 is 2.19 bits per heavy atom. The van der Waals surface area contributed by atoms with Crippen LogP contribution in [0.2, 0.25) is 0 Å². The van der Waals surface area contributed by atoms with Crippen LogP contribution in [-0.2, 0) is 9.47 Å². The molecule has 0 saturated carbocycles. The molecule has 0 amide bonds. The van der Waals surface area contributed by atoms with Gasteiger partial charge in [-0.1, -0.05) is 0 Å². The number of rotatable bonds is 6. The molecule has 96 valence electrons. The SMILES string of the molecule is COCC(C)N(C)C(CN)C1CCC(C)O1. The molecule has 1 aliphatic heterocycles. The molecule has 0 spiro atoms. The van der Waals surface area contributed by atoms with Gasteiger partial charge >= 0.3 is 0 Å². The molecular formula is C12H26N2O2. The van der Waals surface area contributed by atoms with E-state index in [9.17, 15) is 0 Å². The van der Waals surface area contributed by atoms with E-state index in [2.05, 4.69) is 25.8 Å². The zero-order valence-electron chi connectivity index (χ0n) is 11.0. The molecule has 0 aromatic carbocycles. The van der Waals surface area contributed by atoms with E-state index in [1.54, 1.807) is 7.11 Å². The smallest absolute Gasteiger partial charge is 0.0747 e. The maximum Gasteiger partial charge on any atom is 0.0747 e. The summed E-state index contributed by atoms with van der Waals surface area (Å²) in [6.07, 6.45) is 2.93. The van der Waals surface area contributed by atoms with Gasteiger partial charge in [-0.2, -0.15) is 0 Å². The normalized spacial score (nSPS) is 29.6. The van der Waals surface area contributed by atoms with E-state index in [0.29, 0.717) is 24.7 Å². The third-order valence-corrected chi connectivity index (χ3v) is 3.56. The summed E-state index contributed by atoms with van der Waals surface area (Å²) in [5.74, 6) is 0. The number of nitrogens with zero attached hydrogens (tertiary/aromatic N) is 1. The summed E-state index contributed by atoms with van der Waals surface area (Å²) in [6.45, 7) is 5.66. The lowest BCUT2D eigenvalue weighted by Crippen LogP contribution is -2.51. The van der Waals surface area contributed by atoms with Gasteiger partial charge in [0.25, 0.3) is 0 Å². The second-order valence-corrected chi connectivity index (χ2v) is 4.84. The van der Waals surface area contributed by atoms with Gasteiger partial charge in [-0.15, -0.1) is 0 Å². The van der Waals surface area contributed by atoms with Crippen LogP contribution in [-0.4, -0.2) is 56.5 Å². The number of nitrogens with two attached hydrogens (primary N) is 1. The quantitative estimate of drug-likeness (QED) is 0.735. The van der Waals surface area contributed by atoms with Crippen LogP contribution in [0.25, 0.3) is 0 Å². The fraction of sp³-hybridized carbons (Fsp3) is 1.00. The van der Waals surface area contributed by atoms with E-state index in [1.807, 2.05) is 0 Å². The Labute approximate surface area is 99.1 Å². The minimum atomic E-state index is 0.282. The summed E-state index contributed by atoms with van der Waals surface area (Å²) in [4.78, 5) is 2.28. The average molecular weight is 230 g/mol. The van der Waals surface area contributed by atoms with Crippen LogP contribution in [0.5, 0.6) is 0 Å². The van der Waals surface area contributed by atoms with Gasteiger partial charge in [0.05, 0.1) is 18.8 Å². The van der Waals surface area contributed by atoms with Gasteiger partial charge in [-0.3, -0.25) is 4.90 Å². The molecule has 4 atom stereocenters. The van der Waals surface area contributed by atoms with Crippen molar-refractivity contribution in [3.63, 3.8) is 0 Å². The molecule has 1 aliphatic rings. The van der Waals surface area contributed by atoms with Crippen molar-refractivity contribution in [2.24, 2.45) is 5.73 Å². The largest absolute Gasteiger partial charge is 0.383 e. The first-order chi connectivity index (χ1) is 7.60. The van der Waals surface area contributed by atoms with Crippen LogP contribution >= 0.6 is 0 Å². The number of methoxy groups -OCH3 is 1. The molecule has 0 radical (unpaired) electrons. The zero-order valence-corrected chi connectivity index (χ0v) is 11.0. The summed E-state index contributed by atoms with van der Waals surface area (Å²) in [5.41, 5.74) is 5.87. The molecule has 0 bridgehead atoms. The first-order valence-electron chi connectivity index (χ1n) is 6.16. The fourth-order valence-corrected chi connectivity index (χ4v) is 2.38. The number of hydrogen-bond donors (Lipinski definition) is 1. The number of likely N-dealkylation sites (N-methyl/N-ethyl adjacent to an activating group) is 1. The molecule has 0 aromatic heterocycles. The third-order valence-electron chi connectivity index (χ3n) is 3.56. The Balaban J connectivity index is 2.52. The second-order valence-electron chi connectivity index (χ2n) is 4.84. The summed E-state index contributed by atoms with van der Waals surface area (Å²) in [6, 6.07) is 0.674. The van der Waals surface area contributed by atoms with Gasteiger partial charge in [0.1, 0.15) is 0 Å². The van der Waals surface area contributed by atoms with Crippen LogP contribution in [0, 0.1) is 0 Å². The molecule has 1 heterocycles. The average Bonchev–Trinajstić information content (AvgIpc) is 2.66. The van der Waals surface area contributed by atoms with Crippen molar-refractivity contribution in [1.29, 1.82) is 0 Å². The maximum absolute atomic E-state index is 5.90. The first-order valence-corrected chi connectivity index (χ1v) is 6.16. The molecule has 4 unspecified atom stereocenters. The van der Waals surface area contributed by atoms with Crippen molar-refractivity contribution in [2.45, 2.75) is 51.0 Å². The maximum atomic E-state index is 5.90. The lowest BCUT2D eigenvalue weighted by Gasteiger charge is -2.35. The molecule has 4 heteroatoms. The molecule has 2 N–H and O–H groups in total. The summed E-state index contributed by atoms with van der Waals surface area (Å²) >= 11 is 0. The highest BCUT2D eigenvalue weighted by molar-refractivity contribution is 4.86. The highest BCUT2D eigenvalue weighted by Gasteiger charge is 2.32. The minimum Gasteiger partial charge on any atom is -0.383 e. The first kappa shape index (κ1) is 13.9. The fourth-order valence-electron chi connectivity index (χ4n) is 2.38. The van der Waals surface area contributed by atoms with Crippen LogP contribution in [0.3, 0.4) is 0 Å². The Hall–Kier alpha value is -0.160. The van der Waals surface area contributed by atoms with E-state index in [4.69, 9.17) is 15.2 Å². The van der Waals surface area contributed by atoms with Gasteiger partial charge in [-0.25, -0.2) is 0 Å². The molecule has 16 heavy (non-hydrogen) atoms. The van der Waals surface area contributed by atoms with Crippen LogP contribution < -0.4 is 5.73 Å². The number of hydrogen-bond acceptors (Lipinski definition) is 4. The monoisotopic (exact) mass is 230 g/mol. The van der Waals surface area contributed by atoms with Crippen LogP contribution in [0.1, 0.15) is 26.7 Å². The Morgan fingerprint density at radius 3 is 2.62 bits per heavy atom. The van der Waals surface area contributed by atoms with E-state index >= 15 is 0 Å². The van der Waals surface area contributed by atoms with Crippen molar-refractivity contribution < 1.29 is 9.47 Å². The highest BCUT2D eigenvalue weighted by atomic mass is 16.5. The molecule has 4 nitrogen and oxygen atoms in total. The molecule has 1 fully saturated rings. The minimum absolute atomic E-state index is 0.282. The lowest BCUT2D eigenvalue weighted by atomic mass is 10.0. The van der Waals surface area contributed by atoms with Gasteiger partial charge in [-0.05, 0) is 33.7 Å². The molecule has 1 rings (SSSR count). The van der Waals surface area contributed by atoms with Crippen molar-refractivity contribution in [1.82, 2.24) is 4.90 Å². The number of ether oxygens (including phenoxy) is 2. The van der Waals surface area contributed by atoms with E-state index in [1.165, 1.54) is 0 Å². The molecule has 0 aromatic rings. The lowest BCUT2D eigenvalue weighted by molar-refractivity contribution is -0.0163. The predicted octanol–water partition coefficient (Wildman–Crippen LogP) is 0.848. The molecular weight excluding hydrogens is 204 g/mol. The second kappa shape index (κ2) is 6.55. The van der Waals surface area contributed by atoms with Gasteiger partial charge in [0.15, 0.2) is 0 Å². The van der Waals surface area contributed by atoms with Crippen molar-refractivity contribution in [3.05, 3.63) is 0 Å². The zero-order chi connectivity index (χ0) is 12.1. The summed E-state index contributed by atoms with van der Waals surface area (Å²) in [7, 11) is 3.84. The summed E-state index contributed by atoms with van der Waals surface area (Å²) < 4.78 is 11.1. The van der Waals surface area contributed by atoms with Crippen molar-refractivity contribution in [2.75, 3.05) is 27.3 Å². The Morgan fingerprint density at radius 1 is 1.50 bits per heavy atom. The topological polar surface area (TPSA) is 47.7 Å². The van der Waals surface area contributed by atoms with Crippen molar-refractivity contribution >= 4 is 0 Å². The highest BCUT2D eigenvalue weighted by Crippen LogP contribution is 2.24.